The molecule has 68 valence electrons. The summed E-state index contributed by atoms with van der Waals surface area (Å²) in [6, 6.07) is 0. The van der Waals surface area contributed by atoms with Gasteiger partial charge in [-0.15, -0.1) is 10.2 Å². The average Bonchev–Trinajstić information content (AvgIpc) is 2.47. The molecule has 0 aromatic carbocycles. The summed E-state index contributed by atoms with van der Waals surface area (Å²) in [4.78, 5) is 4.06. The maximum absolute atomic E-state index is 5.80. The maximum Gasteiger partial charge on any atom is 0.203 e. The first-order chi connectivity index (χ1) is 6.22. The molecule has 2 aromatic rings. The Labute approximate surface area is 79.8 Å². The molecule has 0 aliphatic heterocycles. The Balaban J connectivity index is 2.84. The number of nitrogens with one attached hydrogen (secondary N) is 1. The molecule has 0 radical (unpaired) electrons. The minimum atomic E-state index is 0.416. The van der Waals surface area contributed by atoms with Crippen molar-refractivity contribution in [3.63, 3.8) is 0 Å². The average molecular weight is 198 g/mol. The van der Waals surface area contributed by atoms with E-state index in [4.69, 9.17) is 11.6 Å². The largest absolute Gasteiger partial charge is 0.370 e. The lowest BCUT2D eigenvalue weighted by Gasteiger charge is -2.01. The van der Waals surface area contributed by atoms with E-state index in [9.17, 15) is 0 Å². The molecule has 13 heavy (non-hydrogen) atoms. The molecule has 0 saturated carbocycles. The number of aryl methyl sites for hydroxylation is 1. The fraction of sp³-hybridized carbons (Fsp3) is 0.286. The van der Waals surface area contributed by atoms with Gasteiger partial charge < -0.3 is 5.32 Å². The van der Waals surface area contributed by atoms with Gasteiger partial charge in [0.05, 0.1) is 0 Å². The summed E-state index contributed by atoms with van der Waals surface area (Å²) in [5.41, 5.74) is 0.685. The van der Waals surface area contributed by atoms with Crippen molar-refractivity contribution in [1.29, 1.82) is 0 Å². The van der Waals surface area contributed by atoms with Crippen LogP contribution < -0.4 is 5.32 Å². The smallest absolute Gasteiger partial charge is 0.203 e. The summed E-state index contributed by atoms with van der Waals surface area (Å²) in [6.07, 6.45) is 1.69. The van der Waals surface area contributed by atoms with E-state index in [2.05, 4.69) is 20.5 Å². The minimum Gasteiger partial charge on any atom is -0.370 e. The molecule has 6 heteroatoms. The van der Waals surface area contributed by atoms with E-state index in [0.29, 0.717) is 16.6 Å². The number of nitrogens with zero attached hydrogens (tertiary/aromatic N) is 4. The number of hydrogen-bond donors (Lipinski definition) is 1. The first-order valence-corrected chi connectivity index (χ1v) is 4.16. The summed E-state index contributed by atoms with van der Waals surface area (Å²) >= 11 is 5.80. The topological polar surface area (TPSA) is 55.1 Å². The first kappa shape index (κ1) is 8.25. The van der Waals surface area contributed by atoms with Crippen LogP contribution in [0.5, 0.6) is 0 Å². The predicted molar refractivity (Wildman–Crippen MR) is 50.1 cm³/mol. The Hall–Kier alpha value is -1.36. The highest BCUT2D eigenvalue weighted by atomic mass is 35.5. The van der Waals surface area contributed by atoms with Gasteiger partial charge in [-0.3, -0.25) is 4.40 Å². The number of anilines is 1. The standard InChI is InChI=1S/C7H8ClN5/c1-4-11-12-7-6(9-2)10-5(8)3-13(4)7/h3H,1-2H3,(H,9,10). The monoisotopic (exact) mass is 197 g/mol. The molecule has 0 saturated heterocycles. The number of halogens is 1. The molecule has 2 aromatic heterocycles. The third-order valence-corrected chi connectivity index (χ3v) is 1.95. The van der Waals surface area contributed by atoms with E-state index < -0.39 is 0 Å². The molecule has 2 heterocycles. The summed E-state index contributed by atoms with van der Waals surface area (Å²) < 4.78 is 1.79. The lowest BCUT2D eigenvalue weighted by atomic mass is 10.6. The van der Waals surface area contributed by atoms with Crippen LogP contribution in [0.3, 0.4) is 0 Å². The highest BCUT2D eigenvalue weighted by Gasteiger charge is 2.07. The van der Waals surface area contributed by atoms with Gasteiger partial charge in [-0.2, -0.15) is 0 Å². The number of hydrogen-bond acceptors (Lipinski definition) is 4. The summed E-state index contributed by atoms with van der Waals surface area (Å²) in [5, 5.41) is 11.2. The van der Waals surface area contributed by atoms with Crippen LogP contribution >= 0.6 is 11.6 Å². The number of fused-ring (bicyclic) bond motifs is 1. The third-order valence-electron chi connectivity index (χ3n) is 1.77. The molecule has 0 unspecified atom stereocenters. The highest BCUT2D eigenvalue weighted by Crippen LogP contribution is 2.16. The molecule has 0 aliphatic rings. The van der Waals surface area contributed by atoms with Crippen LogP contribution in [-0.4, -0.2) is 26.6 Å². The summed E-state index contributed by atoms with van der Waals surface area (Å²) in [5.74, 6) is 1.42. The second-order valence-electron chi connectivity index (χ2n) is 2.60. The third kappa shape index (κ3) is 1.21. The molecule has 0 aliphatic carbocycles. The zero-order valence-electron chi connectivity index (χ0n) is 7.24. The van der Waals surface area contributed by atoms with E-state index in [1.807, 2.05) is 6.92 Å². The molecule has 2 rings (SSSR count). The molecule has 1 N–H and O–H groups in total. The van der Waals surface area contributed by atoms with Crippen molar-refractivity contribution in [1.82, 2.24) is 19.6 Å². The maximum atomic E-state index is 5.80. The van der Waals surface area contributed by atoms with Gasteiger partial charge in [0.25, 0.3) is 0 Å². The van der Waals surface area contributed by atoms with Gasteiger partial charge in [0, 0.05) is 13.2 Å². The van der Waals surface area contributed by atoms with Gasteiger partial charge in [-0.1, -0.05) is 11.6 Å². The molecular weight excluding hydrogens is 190 g/mol. The number of aromatic nitrogens is 4. The second kappa shape index (κ2) is 2.85. The normalized spacial score (nSPS) is 10.7. The Bertz CT molecular complexity index is 449. The van der Waals surface area contributed by atoms with E-state index in [-0.39, 0.29) is 0 Å². The predicted octanol–water partition coefficient (Wildman–Crippen LogP) is 1.13. The molecule has 0 amide bonds. The van der Waals surface area contributed by atoms with Crippen LogP contribution in [0.25, 0.3) is 5.65 Å². The SMILES string of the molecule is CNc1nc(Cl)cn2c(C)nnc12. The van der Waals surface area contributed by atoms with Crippen LogP contribution in [0, 0.1) is 6.92 Å². The highest BCUT2D eigenvalue weighted by molar-refractivity contribution is 6.29. The molecule has 5 nitrogen and oxygen atoms in total. The van der Waals surface area contributed by atoms with Gasteiger partial charge >= 0.3 is 0 Å². The van der Waals surface area contributed by atoms with Crippen LogP contribution in [0.4, 0.5) is 5.82 Å². The van der Waals surface area contributed by atoms with Gasteiger partial charge in [0.15, 0.2) is 5.82 Å². The fourth-order valence-electron chi connectivity index (χ4n) is 1.15. The zero-order valence-corrected chi connectivity index (χ0v) is 8.00. The second-order valence-corrected chi connectivity index (χ2v) is 2.99. The van der Waals surface area contributed by atoms with Gasteiger partial charge in [0.2, 0.25) is 5.65 Å². The van der Waals surface area contributed by atoms with Gasteiger partial charge in [-0.05, 0) is 6.92 Å². The van der Waals surface area contributed by atoms with Crippen molar-refractivity contribution < 1.29 is 0 Å². The van der Waals surface area contributed by atoms with Gasteiger partial charge in [0.1, 0.15) is 11.0 Å². The molecule has 0 spiro atoms. The van der Waals surface area contributed by atoms with Crippen molar-refractivity contribution in [3.05, 3.63) is 17.2 Å². The Morgan fingerprint density at radius 2 is 2.23 bits per heavy atom. The lowest BCUT2D eigenvalue weighted by molar-refractivity contribution is 1.00. The van der Waals surface area contributed by atoms with E-state index >= 15 is 0 Å². The Morgan fingerprint density at radius 1 is 1.46 bits per heavy atom. The van der Waals surface area contributed by atoms with Crippen molar-refractivity contribution in [2.75, 3.05) is 12.4 Å². The number of rotatable bonds is 1. The Morgan fingerprint density at radius 3 is 2.92 bits per heavy atom. The van der Waals surface area contributed by atoms with Crippen LogP contribution in [-0.2, 0) is 0 Å². The molecule has 0 bridgehead atoms. The van der Waals surface area contributed by atoms with Crippen LogP contribution in [0.15, 0.2) is 6.20 Å². The molecule has 0 atom stereocenters. The minimum absolute atomic E-state index is 0.416. The van der Waals surface area contributed by atoms with E-state index in [1.165, 1.54) is 0 Å². The molecule has 0 fully saturated rings. The summed E-state index contributed by atoms with van der Waals surface area (Å²) in [7, 11) is 1.77. The van der Waals surface area contributed by atoms with Gasteiger partial charge in [-0.25, -0.2) is 4.98 Å². The van der Waals surface area contributed by atoms with Crippen molar-refractivity contribution in [3.8, 4) is 0 Å². The molecular formula is C7H8ClN5. The van der Waals surface area contributed by atoms with Crippen LogP contribution in [0.1, 0.15) is 5.82 Å². The van der Waals surface area contributed by atoms with Crippen molar-refractivity contribution >= 4 is 23.1 Å². The quantitative estimate of drug-likeness (QED) is 0.745. The lowest BCUT2D eigenvalue weighted by Crippen LogP contribution is -1.98. The van der Waals surface area contributed by atoms with E-state index in [1.54, 1.807) is 17.6 Å². The van der Waals surface area contributed by atoms with E-state index in [0.717, 1.165) is 5.82 Å². The first-order valence-electron chi connectivity index (χ1n) is 3.78. The van der Waals surface area contributed by atoms with Crippen molar-refractivity contribution in [2.24, 2.45) is 0 Å². The zero-order chi connectivity index (χ0) is 9.42. The van der Waals surface area contributed by atoms with Crippen molar-refractivity contribution in [2.45, 2.75) is 6.92 Å². The Kier molecular flexibility index (Phi) is 1.81. The van der Waals surface area contributed by atoms with Crippen LogP contribution in [0.2, 0.25) is 5.15 Å². The summed E-state index contributed by atoms with van der Waals surface area (Å²) in [6.45, 7) is 1.86. The fourth-order valence-corrected chi connectivity index (χ4v) is 1.33.